The van der Waals surface area contributed by atoms with Crippen LogP contribution in [0, 0.1) is 23.6 Å². The molecule has 0 bridgehead atoms. The maximum atomic E-state index is 13.4. The van der Waals surface area contributed by atoms with Gasteiger partial charge in [0.25, 0.3) is 0 Å². The van der Waals surface area contributed by atoms with E-state index in [2.05, 4.69) is 0 Å². The Morgan fingerprint density at radius 3 is 2.06 bits per heavy atom. The Morgan fingerprint density at radius 2 is 1.54 bits per heavy atom. The fraction of sp³-hybridized carbons (Fsp3) is 0.667. The highest BCUT2D eigenvalue weighted by molar-refractivity contribution is 5.80. The topological polar surface area (TPSA) is 88.1 Å². The normalized spacial score (nSPS) is 15.1. The fourth-order valence-electron chi connectivity index (χ4n) is 3.50. The van der Waals surface area contributed by atoms with Crippen molar-refractivity contribution in [2.45, 2.75) is 85.5 Å². The molecule has 0 spiro atoms. The van der Waals surface area contributed by atoms with E-state index in [0.29, 0.717) is 19.4 Å². The molecule has 0 aromatic heterocycles. The van der Waals surface area contributed by atoms with Crippen LogP contribution in [-0.2, 0) is 39.8 Å². The molecule has 8 heteroatoms. The number of esters is 3. The minimum absolute atomic E-state index is 0.123. The minimum atomic E-state index is -0.784. The predicted molar refractivity (Wildman–Crippen MR) is 130 cm³/mol. The zero-order valence-electron chi connectivity index (χ0n) is 22.3. The number of halogens is 1. The molecule has 0 radical (unpaired) electrons. The first-order chi connectivity index (χ1) is 16.2. The van der Waals surface area contributed by atoms with Gasteiger partial charge in [0.2, 0.25) is 0 Å². The van der Waals surface area contributed by atoms with Crippen molar-refractivity contribution >= 4 is 17.9 Å². The molecule has 0 saturated carbocycles. The Hall–Kier alpha value is -2.48. The molecule has 0 N–H and O–H groups in total. The largest absolute Gasteiger partial charge is 0.460 e. The highest BCUT2D eigenvalue weighted by Crippen LogP contribution is 2.25. The zero-order chi connectivity index (χ0) is 26.8. The van der Waals surface area contributed by atoms with Gasteiger partial charge in [-0.2, -0.15) is 0 Å². The van der Waals surface area contributed by atoms with Gasteiger partial charge in [0.05, 0.1) is 18.3 Å². The van der Waals surface area contributed by atoms with Crippen LogP contribution in [-0.4, -0.2) is 49.4 Å². The lowest BCUT2D eigenvalue weighted by atomic mass is 9.88. The molecule has 4 atom stereocenters. The van der Waals surface area contributed by atoms with Gasteiger partial charge in [-0.15, -0.1) is 0 Å². The van der Waals surface area contributed by atoms with Crippen molar-refractivity contribution in [2.24, 2.45) is 17.8 Å². The molecule has 7 nitrogen and oxygen atoms in total. The molecule has 0 unspecified atom stereocenters. The summed E-state index contributed by atoms with van der Waals surface area (Å²) in [6.45, 7) is 12.4. The SMILES string of the molecule is COCC[C@H](Cc1ccc(F)cc1)[C@@H](OC(=O)C(C)C)[C@H](C)OC(=O)[C@H](C)CC(=O)OC(C)(C)C. The van der Waals surface area contributed by atoms with E-state index in [1.165, 1.54) is 12.1 Å². The zero-order valence-corrected chi connectivity index (χ0v) is 22.3. The smallest absolute Gasteiger partial charge is 0.309 e. The predicted octanol–water partition coefficient (Wildman–Crippen LogP) is 4.89. The summed E-state index contributed by atoms with van der Waals surface area (Å²) in [4.78, 5) is 37.4. The van der Waals surface area contributed by atoms with E-state index in [9.17, 15) is 18.8 Å². The summed E-state index contributed by atoms with van der Waals surface area (Å²) in [5, 5.41) is 0. The molecule has 0 aliphatic carbocycles. The number of hydrogen-bond acceptors (Lipinski definition) is 7. The van der Waals surface area contributed by atoms with Crippen LogP contribution < -0.4 is 0 Å². The Balaban J connectivity index is 3.05. The van der Waals surface area contributed by atoms with E-state index in [4.69, 9.17) is 18.9 Å². The molecule has 0 amide bonds. The van der Waals surface area contributed by atoms with Crippen LogP contribution in [0.1, 0.15) is 66.9 Å². The summed E-state index contributed by atoms with van der Waals surface area (Å²) in [6.07, 6.45) is -0.674. The maximum Gasteiger partial charge on any atom is 0.309 e. The molecular weight excluding hydrogens is 455 g/mol. The maximum absolute atomic E-state index is 13.4. The summed E-state index contributed by atoms with van der Waals surface area (Å²) in [5.41, 5.74) is 0.203. The number of rotatable bonds is 13. The van der Waals surface area contributed by atoms with Crippen LogP contribution in [0.3, 0.4) is 0 Å². The van der Waals surface area contributed by atoms with Crippen LogP contribution in [0.15, 0.2) is 24.3 Å². The number of ether oxygens (including phenoxy) is 4. The summed E-state index contributed by atoms with van der Waals surface area (Å²) in [6, 6.07) is 6.10. The lowest BCUT2D eigenvalue weighted by Gasteiger charge is -2.32. The average molecular weight is 497 g/mol. The van der Waals surface area contributed by atoms with Crippen molar-refractivity contribution in [1.29, 1.82) is 0 Å². The van der Waals surface area contributed by atoms with Crippen LogP contribution in [0.2, 0.25) is 0 Å². The van der Waals surface area contributed by atoms with Gasteiger partial charge in [0, 0.05) is 19.6 Å². The summed E-state index contributed by atoms with van der Waals surface area (Å²) in [5.74, 6) is -3.20. The Morgan fingerprint density at radius 1 is 0.943 bits per heavy atom. The number of carbonyl (C=O) groups excluding carboxylic acids is 3. The third-order valence-electron chi connectivity index (χ3n) is 5.35. The average Bonchev–Trinajstić information content (AvgIpc) is 2.74. The highest BCUT2D eigenvalue weighted by atomic mass is 19.1. The molecule has 35 heavy (non-hydrogen) atoms. The van der Waals surface area contributed by atoms with Crippen molar-refractivity contribution in [2.75, 3.05) is 13.7 Å². The van der Waals surface area contributed by atoms with Crippen molar-refractivity contribution in [3.05, 3.63) is 35.6 Å². The number of carbonyl (C=O) groups is 3. The van der Waals surface area contributed by atoms with E-state index in [-0.39, 0.29) is 24.1 Å². The second-order valence-corrected chi connectivity index (χ2v) is 10.3. The van der Waals surface area contributed by atoms with Crippen molar-refractivity contribution in [3.63, 3.8) is 0 Å². The van der Waals surface area contributed by atoms with Crippen molar-refractivity contribution in [1.82, 2.24) is 0 Å². The lowest BCUT2D eigenvalue weighted by Crippen LogP contribution is -2.42. The third-order valence-corrected chi connectivity index (χ3v) is 5.35. The van der Waals surface area contributed by atoms with Gasteiger partial charge < -0.3 is 18.9 Å². The monoisotopic (exact) mass is 496 g/mol. The highest BCUT2D eigenvalue weighted by Gasteiger charge is 2.35. The molecule has 0 heterocycles. The molecule has 0 aliphatic rings. The lowest BCUT2D eigenvalue weighted by molar-refractivity contribution is -0.177. The second kappa shape index (κ2) is 14.2. The van der Waals surface area contributed by atoms with E-state index in [1.54, 1.807) is 67.7 Å². The molecule has 198 valence electrons. The second-order valence-electron chi connectivity index (χ2n) is 10.3. The van der Waals surface area contributed by atoms with Crippen LogP contribution in [0.4, 0.5) is 4.39 Å². The Bertz CT molecular complexity index is 814. The Labute approximate surface area is 208 Å². The van der Waals surface area contributed by atoms with Crippen LogP contribution in [0.5, 0.6) is 0 Å². The molecule has 0 aliphatic heterocycles. The standard InChI is InChI=1S/C27H41FO7/c1-17(2)25(30)34-24(21(13-14-32-8)16-20-9-11-22(28)12-10-20)19(4)33-26(31)18(3)15-23(29)35-27(5,6)7/h9-12,17-19,21,24H,13-16H2,1-8H3/t18-,19+,21-,24+/m1/s1. The van der Waals surface area contributed by atoms with Crippen molar-refractivity contribution in [3.8, 4) is 0 Å². The molecule has 1 aromatic carbocycles. The van der Waals surface area contributed by atoms with Crippen molar-refractivity contribution < 1.29 is 37.7 Å². The van der Waals surface area contributed by atoms with E-state index >= 15 is 0 Å². The van der Waals surface area contributed by atoms with Crippen LogP contribution >= 0.6 is 0 Å². The quantitative estimate of drug-likeness (QED) is 0.284. The van der Waals surface area contributed by atoms with Gasteiger partial charge in [-0.05, 0) is 58.2 Å². The Kier molecular flexibility index (Phi) is 12.4. The molecular formula is C27H41FO7. The molecule has 0 fully saturated rings. The van der Waals surface area contributed by atoms with Gasteiger partial charge in [-0.3, -0.25) is 14.4 Å². The number of hydrogen-bond donors (Lipinski definition) is 0. The molecule has 1 aromatic rings. The third kappa shape index (κ3) is 11.7. The first kappa shape index (κ1) is 30.6. The first-order valence-corrected chi connectivity index (χ1v) is 12.1. The van der Waals surface area contributed by atoms with E-state index in [0.717, 1.165) is 5.56 Å². The summed E-state index contributed by atoms with van der Waals surface area (Å²) >= 11 is 0. The van der Waals surface area contributed by atoms with Crippen LogP contribution in [0.25, 0.3) is 0 Å². The molecule has 0 saturated heterocycles. The number of benzene rings is 1. The fourth-order valence-corrected chi connectivity index (χ4v) is 3.50. The van der Waals surface area contributed by atoms with Gasteiger partial charge in [0.1, 0.15) is 23.6 Å². The van der Waals surface area contributed by atoms with Gasteiger partial charge in [-0.1, -0.05) is 32.9 Å². The minimum Gasteiger partial charge on any atom is -0.460 e. The van der Waals surface area contributed by atoms with E-state index in [1.807, 2.05) is 0 Å². The van der Waals surface area contributed by atoms with Gasteiger partial charge >= 0.3 is 17.9 Å². The van der Waals surface area contributed by atoms with Gasteiger partial charge in [-0.25, -0.2) is 4.39 Å². The van der Waals surface area contributed by atoms with Gasteiger partial charge in [0.15, 0.2) is 0 Å². The first-order valence-electron chi connectivity index (χ1n) is 12.1. The summed E-state index contributed by atoms with van der Waals surface area (Å²) in [7, 11) is 1.58. The van der Waals surface area contributed by atoms with E-state index < -0.39 is 41.6 Å². The number of methoxy groups -OCH3 is 1. The molecule has 1 rings (SSSR count). The summed E-state index contributed by atoms with van der Waals surface area (Å²) < 4.78 is 35.4.